The molecule has 0 unspecified atom stereocenters. The van der Waals surface area contributed by atoms with Gasteiger partial charge in [0.15, 0.2) is 11.5 Å². The van der Waals surface area contributed by atoms with Gasteiger partial charge in [0.05, 0.1) is 19.7 Å². The lowest BCUT2D eigenvalue weighted by atomic mass is 10.1. The molecule has 0 saturated carbocycles. The number of phenolic OH excluding ortho intramolecular Hbond substituents is 1. The monoisotopic (exact) mass is 440 g/mol. The third-order valence-electron chi connectivity index (χ3n) is 2.96. The molecule has 0 radical (unpaired) electrons. The predicted molar refractivity (Wildman–Crippen MR) is 95.9 cm³/mol. The number of phenols is 1. The number of benzene rings is 2. The number of hydrogen-bond donors (Lipinski definition) is 2. The first kappa shape index (κ1) is 17.5. The lowest BCUT2D eigenvalue weighted by Gasteiger charge is -2.06. The normalized spacial score (nSPS) is 10.7. The molecule has 1 amide bonds. The molecule has 0 atom stereocenters. The second-order valence-corrected chi connectivity index (χ2v) is 6.47. The molecule has 2 N–H and O–H groups in total. The summed E-state index contributed by atoms with van der Waals surface area (Å²) in [7, 11) is 1.46. The van der Waals surface area contributed by atoms with Crippen molar-refractivity contribution in [2.75, 3.05) is 7.11 Å². The Hall–Kier alpha value is -1.86. The second kappa shape index (κ2) is 8.12. The Kier molecular flexibility index (Phi) is 6.18. The number of amides is 1. The van der Waals surface area contributed by atoms with Gasteiger partial charge in [-0.1, -0.05) is 44.0 Å². The highest BCUT2D eigenvalue weighted by molar-refractivity contribution is 9.10. The van der Waals surface area contributed by atoms with Gasteiger partial charge in [-0.15, -0.1) is 0 Å². The molecular formula is C16H14Br2N2O3. The fraction of sp³-hybridized carbons (Fsp3) is 0.125. The van der Waals surface area contributed by atoms with Crippen molar-refractivity contribution in [1.29, 1.82) is 0 Å². The molecule has 0 heterocycles. The molecule has 2 aromatic carbocycles. The van der Waals surface area contributed by atoms with Gasteiger partial charge in [-0.05, 0) is 29.8 Å². The highest BCUT2D eigenvalue weighted by atomic mass is 79.9. The second-order valence-electron chi connectivity index (χ2n) is 4.64. The van der Waals surface area contributed by atoms with Crippen LogP contribution in [-0.4, -0.2) is 24.3 Å². The smallest absolute Gasteiger partial charge is 0.244 e. The first-order valence-corrected chi connectivity index (χ1v) is 8.21. The maximum Gasteiger partial charge on any atom is 0.244 e. The lowest BCUT2D eigenvalue weighted by molar-refractivity contribution is -0.120. The van der Waals surface area contributed by atoms with Crippen LogP contribution in [0.1, 0.15) is 11.1 Å². The van der Waals surface area contributed by atoms with Gasteiger partial charge in [-0.2, -0.15) is 5.10 Å². The van der Waals surface area contributed by atoms with Crippen molar-refractivity contribution in [3.63, 3.8) is 0 Å². The zero-order valence-electron chi connectivity index (χ0n) is 12.2. The van der Waals surface area contributed by atoms with Crippen LogP contribution in [0, 0.1) is 0 Å². The van der Waals surface area contributed by atoms with E-state index < -0.39 is 0 Å². The van der Waals surface area contributed by atoms with Gasteiger partial charge in [0.25, 0.3) is 0 Å². The van der Waals surface area contributed by atoms with Gasteiger partial charge in [0.2, 0.25) is 5.91 Å². The Morgan fingerprint density at radius 3 is 2.61 bits per heavy atom. The number of aromatic hydroxyl groups is 1. The molecule has 0 saturated heterocycles. The third kappa shape index (κ3) is 5.07. The molecular weight excluding hydrogens is 428 g/mol. The zero-order chi connectivity index (χ0) is 16.8. The zero-order valence-corrected chi connectivity index (χ0v) is 15.4. The van der Waals surface area contributed by atoms with E-state index in [1.54, 1.807) is 12.1 Å². The molecule has 5 nitrogen and oxygen atoms in total. The molecule has 0 spiro atoms. The van der Waals surface area contributed by atoms with Crippen LogP contribution < -0.4 is 10.2 Å². The van der Waals surface area contributed by atoms with Gasteiger partial charge in [-0.25, -0.2) is 5.43 Å². The summed E-state index contributed by atoms with van der Waals surface area (Å²) >= 11 is 6.66. The molecule has 120 valence electrons. The first-order chi connectivity index (χ1) is 11.0. The highest BCUT2D eigenvalue weighted by Gasteiger charge is 2.08. The molecule has 23 heavy (non-hydrogen) atoms. The van der Waals surface area contributed by atoms with E-state index in [0.29, 0.717) is 11.3 Å². The number of ether oxygens (including phenoxy) is 1. The van der Waals surface area contributed by atoms with Crippen molar-refractivity contribution < 1.29 is 14.6 Å². The third-order valence-corrected chi connectivity index (χ3v) is 3.95. The molecule has 2 aromatic rings. The number of nitrogens with zero attached hydrogens (tertiary/aromatic N) is 1. The SMILES string of the molecule is COc1cc(Br)cc(C=NNC(=O)Cc2ccc(Br)cc2)c1O. The minimum Gasteiger partial charge on any atom is -0.504 e. The lowest BCUT2D eigenvalue weighted by Crippen LogP contribution is -2.19. The minimum atomic E-state index is -0.245. The summed E-state index contributed by atoms with van der Waals surface area (Å²) in [4.78, 5) is 11.8. The molecule has 0 aliphatic heterocycles. The van der Waals surface area contributed by atoms with Crippen LogP contribution in [-0.2, 0) is 11.2 Å². The maximum atomic E-state index is 11.8. The van der Waals surface area contributed by atoms with Gasteiger partial charge < -0.3 is 9.84 Å². The van der Waals surface area contributed by atoms with E-state index in [1.165, 1.54) is 13.3 Å². The Balaban J connectivity index is 2.00. The number of nitrogens with one attached hydrogen (secondary N) is 1. The average molecular weight is 442 g/mol. The van der Waals surface area contributed by atoms with Crippen molar-refractivity contribution in [1.82, 2.24) is 5.43 Å². The number of methoxy groups -OCH3 is 1. The average Bonchev–Trinajstić information content (AvgIpc) is 2.52. The molecule has 7 heteroatoms. The number of carbonyl (C=O) groups is 1. The van der Waals surface area contributed by atoms with Crippen LogP contribution in [0.2, 0.25) is 0 Å². The first-order valence-electron chi connectivity index (χ1n) is 6.62. The van der Waals surface area contributed by atoms with Gasteiger partial charge in [0, 0.05) is 14.5 Å². The summed E-state index contributed by atoms with van der Waals surface area (Å²) in [5.41, 5.74) is 3.74. The van der Waals surface area contributed by atoms with Gasteiger partial charge >= 0.3 is 0 Å². The topological polar surface area (TPSA) is 70.9 Å². The van der Waals surface area contributed by atoms with Gasteiger partial charge in [-0.3, -0.25) is 4.79 Å². The van der Waals surface area contributed by atoms with Crippen LogP contribution in [0.25, 0.3) is 0 Å². The summed E-state index contributed by atoms with van der Waals surface area (Å²) in [6.45, 7) is 0. The van der Waals surface area contributed by atoms with Crippen molar-refractivity contribution >= 4 is 44.0 Å². The Labute approximate surface area is 150 Å². The largest absolute Gasteiger partial charge is 0.504 e. The summed E-state index contributed by atoms with van der Waals surface area (Å²) in [5.74, 6) is 0.0358. The fourth-order valence-corrected chi connectivity index (χ4v) is 2.57. The number of hydrogen-bond acceptors (Lipinski definition) is 4. The molecule has 0 bridgehead atoms. The minimum absolute atomic E-state index is 0.0402. The van der Waals surface area contributed by atoms with E-state index >= 15 is 0 Å². The number of halogens is 2. The maximum absolute atomic E-state index is 11.8. The molecule has 0 fully saturated rings. The number of carbonyl (C=O) groups excluding carboxylic acids is 1. The number of rotatable bonds is 5. The van der Waals surface area contributed by atoms with Crippen LogP contribution in [0.3, 0.4) is 0 Å². The van der Waals surface area contributed by atoms with E-state index in [0.717, 1.165) is 14.5 Å². The molecule has 0 aliphatic rings. The standard InChI is InChI=1S/C16H14Br2N2O3/c1-23-14-8-13(18)7-11(16(14)22)9-19-20-15(21)6-10-2-4-12(17)5-3-10/h2-5,7-9,22H,6H2,1H3,(H,20,21). The van der Waals surface area contributed by atoms with Crippen LogP contribution in [0.15, 0.2) is 50.4 Å². The van der Waals surface area contributed by atoms with Crippen LogP contribution in [0.4, 0.5) is 0 Å². The summed E-state index contributed by atoms with van der Waals surface area (Å²) < 4.78 is 6.74. The van der Waals surface area contributed by atoms with Crippen LogP contribution in [0.5, 0.6) is 11.5 Å². The van der Waals surface area contributed by atoms with E-state index in [2.05, 4.69) is 42.4 Å². The van der Waals surface area contributed by atoms with Crippen molar-refractivity contribution in [2.24, 2.45) is 5.10 Å². The van der Waals surface area contributed by atoms with E-state index in [-0.39, 0.29) is 18.1 Å². The summed E-state index contributed by atoms with van der Waals surface area (Å²) in [6, 6.07) is 10.8. The summed E-state index contributed by atoms with van der Waals surface area (Å²) in [5, 5.41) is 13.8. The van der Waals surface area contributed by atoms with Gasteiger partial charge in [0.1, 0.15) is 0 Å². The fourth-order valence-electron chi connectivity index (χ4n) is 1.85. The number of hydrazone groups is 1. The Morgan fingerprint density at radius 2 is 1.96 bits per heavy atom. The van der Waals surface area contributed by atoms with Crippen molar-refractivity contribution in [3.8, 4) is 11.5 Å². The quantitative estimate of drug-likeness (QED) is 0.549. The van der Waals surface area contributed by atoms with Crippen LogP contribution >= 0.6 is 31.9 Å². The van der Waals surface area contributed by atoms with Crippen molar-refractivity contribution in [2.45, 2.75) is 6.42 Å². The summed E-state index contributed by atoms with van der Waals surface area (Å²) in [6.07, 6.45) is 1.58. The van der Waals surface area contributed by atoms with E-state index in [4.69, 9.17) is 4.74 Å². The molecule has 0 aliphatic carbocycles. The van der Waals surface area contributed by atoms with Crippen molar-refractivity contribution in [3.05, 3.63) is 56.5 Å². The molecule has 0 aromatic heterocycles. The Bertz CT molecular complexity index is 731. The highest BCUT2D eigenvalue weighted by Crippen LogP contribution is 2.32. The van der Waals surface area contributed by atoms with E-state index in [1.807, 2.05) is 24.3 Å². The van der Waals surface area contributed by atoms with E-state index in [9.17, 15) is 9.90 Å². The molecule has 2 rings (SSSR count). The predicted octanol–water partition coefficient (Wildman–Crippen LogP) is 3.62. The Morgan fingerprint density at radius 1 is 1.26 bits per heavy atom.